The number of rotatable bonds is 5. The predicted octanol–water partition coefficient (Wildman–Crippen LogP) is 2.62. The molecule has 4 nitrogen and oxygen atoms in total. The van der Waals surface area contributed by atoms with E-state index in [0.717, 1.165) is 5.69 Å². The lowest BCUT2D eigenvalue weighted by molar-refractivity contribution is 0.415. The molecule has 0 saturated carbocycles. The number of methoxy groups -OCH3 is 1. The van der Waals surface area contributed by atoms with Crippen molar-refractivity contribution >= 4 is 17.3 Å². The molecule has 0 aliphatic heterocycles. The second kappa shape index (κ2) is 6.29. The lowest BCUT2D eigenvalue weighted by atomic mass is 10.3. The van der Waals surface area contributed by atoms with E-state index in [2.05, 4.69) is 5.32 Å². The van der Waals surface area contributed by atoms with Crippen LogP contribution in [-0.4, -0.2) is 18.2 Å². The molecule has 0 aliphatic carbocycles. The van der Waals surface area contributed by atoms with Gasteiger partial charge in [0, 0.05) is 37.1 Å². The molecular formula is C14H15ClN2O2. The molecule has 0 aliphatic rings. The molecule has 5 heteroatoms. The van der Waals surface area contributed by atoms with E-state index in [1.165, 1.54) is 0 Å². The highest BCUT2D eigenvalue weighted by Crippen LogP contribution is 2.27. The van der Waals surface area contributed by atoms with E-state index in [4.69, 9.17) is 16.3 Å². The van der Waals surface area contributed by atoms with Crippen molar-refractivity contribution in [2.75, 3.05) is 19.0 Å². The minimum atomic E-state index is -0.00186. The zero-order valence-corrected chi connectivity index (χ0v) is 11.4. The molecule has 0 spiro atoms. The molecule has 19 heavy (non-hydrogen) atoms. The van der Waals surface area contributed by atoms with E-state index >= 15 is 0 Å². The van der Waals surface area contributed by atoms with Gasteiger partial charge in [0.25, 0.3) is 5.56 Å². The summed E-state index contributed by atoms with van der Waals surface area (Å²) in [5.74, 6) is 0.628. The summed E-state index contributed by atoms with van der Waals surface area (Å²) in [5.41, 5.74) is 0.906. The monoisotopic (exact) mass is 278 g/mol. The first-order valence-electron chi connectivity index (χ1n) is 5.93. The quantitative estimate of drug-likeness (QED) is 0.914. The topological polar surface area (TPSA) is 43.3 Å². The minimum Gasteiger partial charge on any atom is -0.495 e. The number of halogens is 1. The van der Waals surface area contributed by atoms with Crippen LogP contribution in [0.15, 0.2) is 47.4 Å². The normalized spacial score (nSPS) is 10.2. The Balaban J connectivity index is 1.96. The molecule has 1 heterocycles. The number of nitrogens with zero attached hydrogens (tertiary/aromatic N) is 1. The summed E-state index contributed by atoms with van der Waals surface area (Å²) in [7, 11) is 1.58. The number of aromatic nitrogens is 1. The Morgan fingerprint density at radius 2 is 2.16 bits per heavy atom. The average molecular weight is 279 g/mol. The highest BCUT2D eigenvalue weighted by molar-refractivity contribution is 6.32. The zero-order chi connectivity index (χ0) is 13.7. The van der Waals surface area contributed by atoms with Crippen molar-refractivity contribution in [1.82, 2.24) is 4.57 Å². The van der Waals surface area contributed by atoms with Crippen LogP contribution in [0.2, 0.25) is 5.02 Å². The summed E-state index contributed by atoms with van der Waals surface area (Å²) in [6.07, 6.45) is 1.77. The summed E-state index contributed by atoms with van der Waals surface area (Å²) < 4.78 is 6.80. The second-order valence-corrected chi connectivity index (χ2v) is 4.42. The van der Waals surface area contributed by atoms with E-state index in [0.29, 0.717) is 23.9 Å². The van der Waals surface area contributed by atoms with Gasteiger partial charge in [-0.1, -0.05) is 17.7 Å². The first-order chi connectivity index (χ1) is 9.20. The van der Waals surface area contributed by atoms with Crippen molar-refractivity contribution in [3.63, 3.8) is 0 Å². The van der Waals surface area contributed by atoms with Gasteiger partial charge in [0.2, 0.25) is 0 Å². The largest absolute Gasteiger partial charge is 0.495 e. The van der Waals surface area contributed by atoms with Gasteiger partial charge in [0.1, 0.15) is 5.75 Å². The van der Waals surface area contributed by atoms with Crippen LogP contribution >= 0.6 is 11.6 Å². The fraction of sp³-hybridized carbons (Fsp3) is 0.214. The molecule has 0 fully saturated rings. The molecule has 0 radical (unpaired) electrons. The van der Waals surface area contributed by atoms with Crippen LogP contribution in [0.5, 0.6) is 5.75 Å². The zero-order valence-electron chi connectivity index (χ0n) is 10.6. The van der Waals surface area contributed by atoms with Crippen LogP contribution in [0.25, 0.3) is 0 Å². The number of anilines is 1. The molecule has 1 N–H and O–H groups in total. The van der Waals surface area contributed by atoms with E-state index < -0.39 is 0 Å². The lowest BCUT2D eigenvalue weighted by Crippen LogP contribution is -2.21. The predicted molar refractivity (Wildman–Crippen MR) is 77.2 cm³/mol. The SMILES string of the molecule is COc1cc(NCCn2ccccc2=O)ccc1Cl. The third kappa shape index (κ3) is 3.51. The number of nitrogens with one attached hydrogen (secondary N) is 1. The number of hydrogen-bond acceptors (Lipinski definition) is 3. The molecule has 0 saturated heterocycles. The van der Waals surface area contributed by atoms with Gasteiger partial charge in [-0.2, -0.15) is 0 Å². The Bertz CT molecular complexity index is 610. The molecule has 0 bridgehead atoms. The van der Waals surface area contributed by atoms with Crippen molar-refractivity contribution in [3.05, 3.63) is 58.0 Å². The second-order valence-electron chi connectivity index (χ2n) is 4.01. The first-order valence-corrected chi connectivity index (χ1v) is 6.31. The van der Waals surface area contributed by atoms with E-state index in [1.54, 1.807) is 36.1 Å². The molecule has 0 atom stereocenters. The van der Waals surface area contributed by atoms with E-state index in [9.17, 15) is 4.79 Å². The fourth-order valence-electron chi connectivity index (χ4n) is 1.74. The minimum absolute atomic E-state index is 0.00186. The van der Waals surface area contributed by atoms with Gasteiger partial charge < -0.3 is 14.6 Å². The summed E-state index contributed by atoms with van der Waals surface area (Å²) in [6.45, 7) is 1.25. The van der Waals surface area contributed by atoms with Gasteiger partial charge in [-0.3, -0.25) is 4.79 Å². The smallest absolute Gasteiger partial charge is 0.250 e. The van der Waals surface area contributed by atoms with Crippen LogP contribution in [0.1, 0.15) is 0 Å². The van der Waals surface area contributed by atoms with Gasteiger partial charge >= 0.3 is 0 Å². The van der Waals surface area contributed by atoms with Crippen molar-refractivity contribution in [3.8, 4) is 5.75 Å². The van der Waals surface area contributed by atoms with Gasteiger partial charge in [-0.25, -0.2) is 0 Å². The van der Waals surface area contributed by atoms with Gasteiger partial charge in [-0.15, -0.1) is 0 Å². The van der Waals surface area contributed by atoms with Crippen molar-refractivity contribution < 1.29 is 4.74 Å². The number of benzene rings is 1. The standard InChI is InChI=1S/C14H15ClN2O2/c1-19-13-10-11(5-6-12(13)15)16-7-9-17-8-3-2-4-14(17)18/h2-6,8,10,16H,7,9H2,1H3. The third-order valence-corrected chi connectivity index (χ3v) is 3.04. The van der Waals surface area contributed by atoms with Gasteiger partial charge in [0.05, 0.1) is 12.1 Å². The average Bonchev–Trinajstić information content (AvgIpc) is 2.43. The molecular weight excluding hydrogens is 264 g/mol. The van der Waals surface area contributed by atoms with Gasteiger partial charge in [-0.05, 0) is 18.2 Å². The van der Waals surface area contributed by atoms with E-state index in [-0.39, 0.29) is 5.56 Å². The van der Waals surface area contributed by atoms with Crippen LogP contribution in [0, 0.1) is 0 Å². The Hall–Kier alpha value is -1.94. The number of ether oxygens (including phenoxy) is 1. The summed E-state index contributed by atoms with van der Waals surface area (Å²) >= 11 is 5.95. The van der Waals surface area contributed by atoms with E-state index in [1.807, 2.05) is 18.2 Å². The Labute approximate surface area is 116 Å². The number of pyridine rings is 1. The maximum Gasteiger partial charge on any atom is 0.250 e. The molecule has 1 aromatic carbocycles. The Morgan fingerprint density at radius 3 is 2.89 bits per heavy atom. The summed E-state index contributed by atoms with van der Waals surface area (Å²) in [5, 5.41) is 3.80. The summed E-state index contributed by atoms with van der Waals surface area (Å²) in [4.78, 5) is 11.5. The van der Waals surface area contributed by atoms with Crippen molar-refractivity contribution in [1.29, 1.82) is 0 Å². The Kier molecular flexibility index (Phi) is 4.47. The maximum absolute atomic E-state index is 11.5. The Morgan fingerprint density at radius 1 is 1.32 bits per heavy atom. The molecule has 0 amide bonds. The third-order valence-electron chi connectivity index (χ3n) is 2.73. The molecule has 100 valence electrons. The van der Waals surface area contributed by atoms with Crippen LogP contribution < -0.4 is 15.6 Å². The van der Waals surface area contributed by atoms with Crippen LogP contribution in [-0.2, 0) is 6.54 Å². The number of hydrogen-bond donors (Lipinski definition) is 1. The molecule has 0 unspecified atom stereocenters. The molecule has 2 aromatic rings. The first kappa shape index (κ1) is 13.5. The van der Waals surface area contributed by atoms with Crippen molar-refractivity contribution in [2.45, 2.75) is 6.54 Å². The highest BCUT2D eigenvalue weighted by Gasteiger charge is 2.01. The fourth-order valence-corrected chi connectivity index (χ4v) is 1.93. The maximum atomic E-state index is 11.5. The van der Waals surface area contributed by atoms with Crippen LogP contribution in [0.3, 0.4) is 0 Å². The summed E-state index contributed by atoms with van der Waals surface area (Å²) in [6, 6.07) is 10.6. The van der Waals surface area contributed by atoms with Gasteiger partial charge in [0.15, 0.2) is 0 Å². The van der Waals surface area contributed by atoms with Crippen LogP contribution in [0.4, 0.5) is 5.69 Å². The lowest BCUT2D eigenvalue weighted by Gasteiger charge is -2.10. The van der Waals surface area contributed by atoms with Crippen molar-refractivity contribution in [2.24, 2.45) is 0 Å². The highest BCUT2D eigenvalue weighted by atomic mass is 35.5. The molecule has 1 aromatic heterocycles. The molecule has 2 rings (SSSR count).